The lowest BCUT2D eigenvalue weighted by Crippen LogP contribution is -2.22. The maximum Gasteiger partial charge on any atom is 0.274 e. The zero-order valence-corrected chi connectivity index (χ0v) is 10.5. The van der Waals surface area contributed by atoms with Gasteiger partial charge in [-0.25, -0.2) is 4.98 Å². The molecule has 1 aliphatic rings. The van der Waals surface area contributed by atoms with Gasteiger partial charge in [-0.3, -0.25) is 10.1 Å². The summed E-state index contributed by atoms with van der Waals surface area (Å²) in [7, 11) is 0. The van der Waals surface area contributed by atoms with E-state index < -0.39 is 4.92 Å². The van der Waals surface area contributed by atoms with Crippen molar-refractivity contribution in [2.45, 2.75) is 13.3 Å². The Kier molecular flexibility index (Phi) is 4.09. The van der Waals surface area contributed by atoms with Gasteiger partial charge in [0.2, 0.25) is 0 Å². The summed E-state index contributed by atoms with van der Waals surface area (Å²) >= 11 is 0. The number of likely N-dealkylation sites (tertiary alicyclic amines) is 1. The zero-order valence-electron chi connectivity index (χ0n) is 10.5. The molecule has 0 radical (unpaired) electrons. The molecule has 1 aliphatic heterocycles. The lowest BCUT2D eigenvalue weighted by molar-refractivity contribution is -0.384. The highest BCUT2D eigenvalue weighted by molar-refractivity contribution is 5.44. The fourth-order valence-corrected chi connectivity index (χ4v) is 2.25. The maximum absolute atomic E-state index is 10.6. The SMILES string of the molecule is CCN1CCC(CNc2cc([N+](=O)[O-])ccn2)C1. The predicted molar refractivity (Wildman–Crippen MR) is 69.6 cm³/mol. The average molecular weight is 250 g/mol. The van der Waals surface area contributed by atoms with Gasteiger partial charge in [-0.2, -0.15) is 0 Å². The number of hydrogen-bond acceptors (Lipinski definition) is 5. The molecule has 1 N–H and O–H groups in total. The van der Waals surface area contributed by atoms with Crippen molar-refractivity contribution in [2.24, 2.45) is 5.92 Å². The molecule has 0 aliphatic carbocycles. The van der Waals surface area contributed by atoms with Gasteiger partial charge in [-0.05, 0) is 25.4 Å². The third kappa shape index (κ3) is 3.16. The van der Waals surface area contributed by atoms with Crippen LogP contribution in [0.3, 0.4) is 0 Å². The van der Waals surface area contributed by atoms with Gasteiger partial charge in [-0.15, -0.1) is 0 Å². The number of pyridine rings is 1. The van der Waals surface area contributed by atoms with E-state index in [1.165, 1.54) is 24.8 Å². The first-order chi connectivity index (χ1) is 8.69. The topological polar surface area (TPSA) is 71.3 Å². The third-order valence-electron chi connectivity index (χ3n) is 3.34. The molecule has 0 aromatic carbocycles. The summed E-state index contributed by atoms with van der Waals surface area (Å²) in [5, 5.41) is 13.8. The Morgan fingerprint density at radius 2 is 2.50 bits per heavy atom. The second kappa shape index (κ2) is 5.77. The van der Waals surface area contributed by atoms with E-state index in [0.717, 1.165) is 26.2 Å². The zero-order chi connectivity index (χ0) is 13.0. The summed E-state index contributed by atoms with van der Waals surface area (Å²) in [6.07, 6.45) is 2.64. The van der Waals surface area contributed by atoms with E-state index in [1.54, 1.807) is 0 Å². The van der Waals surface area contributed by atoms with Crippen molar-refractivity contribution < 1.29 is 4.92 Å². The first-order valence-corrected chi connectivity index (χ1v) is 6.25. The first kappa shape index (κ1) is 12.8. The number of hydrogen-bond donors (Lipinski definition) is 1. The normalized spacial score (nSPS) is 19.9. The van der Waals surface area contributed by atoms with Gasteiger partial charge in [0.15, 0.2) is 0 Å². The quantitative estimate of drug-likeness (QED) is 0.636. The van der Waals surface area contributed by atoms with Crippen LogP contribution < -0.4 is 5.32 Å². The summed E-state index contributed by atoms with van der Waals surface area (Å²) < 4.78 is 0. The molecular formula is C12H18N4O2. The monoisotopic (exact) mass is 250 g/mol. The molecule has 6 nitrogen and oxygen atoms in total. The molecule has 1 fully saturated rings. The Morgan fingerprint density at radius 1 is 1.67 bits per heavy atom. The van der Waals surface area contributed by atoms with E-state index >= 15 is 0 Å². The number of nitrogens with zero attached hydrogens (tertiary/aromatic N) is 3. The lowest BCUT2D eigenvalue weighted by atomic mass is 10.1. The van der Waals surface area contributed by atoms with Gasteiger partial charge in [0, 0.05) is 25.4 Å². The predicted octanol–water partition coefficient (Wildman–Crippen LogP) is 1.74. The average Bonchev–Trinajstić information content (AvgIpc) is 2.84. The van der Waals surface area contributed by atoms with Gasteiger partial charge < -0.3 is 10.2 Å². The molecule has 0 spiro atoms. The van der Waals surface area contributed by atoms with Gasteiger partial charge in [0.25, 0.3) is 5.69 Å². The summed E-state index contributed by atoms with van der Waals surface area (Å²) in [5.74, 6) is 1.19. The molecule has 2 rings (SSSR count). The molecule has 1 unspecified atom stereocenters. The lowest BCUT2D eigenvalue weighted by Gasteiger charge is -2.13. The molecule has 6 heteroatoms. The number of rotatable bonds is 5. The van der Waals surface area contributed by atoms with Crippen molar-refractivity contribution in [3.05, 3.63) is 28.4 Å². The van der Waals surface area contributed by atoms with Crippen molar-refractivity contribution in [3.8, 4) is 0 Å². The largest absolute Gasteiger partial charge is 0.370 e. The molecule has 0 bridgehead atoms. The first-order valence-electron chi connectivity index (χ1n) is 6.25. The highest BCUT2D eigenvalue weighted by Gasteiger charge is 2.20. The molecule has 1 atom stereocenters. The minimum atomic E-state index is -0.402. The molecule has 1 aromatic rings. The Bertz CT molecular complexity index is 424. The van der Waals surface area contributed by atoms with Crippen molar-refractivity contribution in [3.63, 3.8) is 0 Å². The van der Waals surface area contributed by atoms with E-state index in [9.17, 15) is 10.1 Å². The van der Waals surface area contributed by atoms with Gasteiger partial charge in [-0.1, -0.05) is 6.92 Å². The van der Waals surface area contributed by atoms with E-state index in [4.69, 9.17) is 0 Å². The van der Waals surface area contributed by atoms with E-state index in [-0.39, 0.29) is 5.69 Å². The number of nitrogens with one attached hydrogen (secondary N) is 1. The molecule has 1 aromatic heterocycles. The summed E-state index contributed by atoms with van der Waals surface area (Å²) in [6.45, 7) is 6.32. The van der Waals surface area contributed by atoms with Gasteiger partial charge in [0.1, 0.15) is 5.82 Å². The van der Waals surface area contributed by atoms with Crippen LogP contribution in [0, 0.1) is 16.0 Å². The van der Waals surface area contributed by atoms with Crippen molar-refractivity contribution in [2.75, 3.05) is 31.5 Å². The van der Waals surface area contributed by atoms with Crippen molar-refractivity contribution in [1.82, 2.24) is 9.88 Å². The van der Waals surface area contributed by atoms with Gasteiger partial charge >= 0.3 is 0 Å². The number of nitro groups is 1. The Labute approximate surface area is 106 Å². The fourth-order valence-electron chi connectivity index (χ4n) is 2.25. The molecule has 1 saturated heterocycles. The Hall–Kier alpha value is -1.69. The molecule has 2 heterocycles. The summed E-state index contributed by atoms with van der Waals surface area (Å²) in [6, 6.07) is 2.88. The number of anilines is 1. The van der Waals surface area contributed by atoms with Crippen LogP contribution >= 0.6 is 0 Å². The van der Waals surface area contributed by atoms with Crippen LogP contribution in [0.25, 0.3) is 0 Å². The minimum Gasteiger partial charge on any atom is -0.370 e. The number of aromatic nitrogens is 1. The fraction of sp³-hybridized carbons (Fsp3) is 0.583. The second-order valence-electron chi connectivity index (χ2n) is 4.59. The van der Waals surface area contributed by atoms with Crippen LogP contribution in [-0.2, 0) is 0 Å². The van der Waals surface area contributed by atoms with E-state index in [0.29, 0.717) is 11.7 Å². The molecule has 0 saturated carbocycles. The molecule has 98 valence electrons. The van der Waals surface area contributed by atoms with Crippen LogP contribution in [-0.4, -0.2) is 41.0 Å². The third-order valence-corrected chi connectivity index (χ3v) is 3.34. The van der Waals surface area contributed by atoms with Crippen molar-refractivity contribution in [1.29, 1.82) is 0 Å². The van der Waals surface area contributed by atoms with E-state index in [2.05, 4.69) is 22.1 Å². The van der Waals surface area contributed by atoms with Crippen LogP contribution in [0.15, 0.2) is 18.3 Å². The standard InChI is InChI=1S/C12H18N4O2/c1-2-15-6-4-10(9-15)8-14-12-7-11(16(17)18)3-5-13-12/h3,5,7,10H,2,4,6,8-9H2,1H3,(H,13,14). The Balaban J connectivity index is 1.87. The molecular weight excluding hydrogens is 232 g/mol. The molecule has 0 amide bonds. The van der Waals surface area contributed by atoms with Gasteiger partial charge in [0.05, 0.1) is 11.0 Å². The van der Waals surface area contributed by atoms with E-state index in [1.807, 2.05) is 0 Å². The summed E-state index contributed by atoms with van der Waals surface area (Å²) in [5.41, 5.74) is 0.0779. The molecule has 18 heavy (non-hydrogen) atoms. The van der Waals surface area contributed by atoms with Crippen LogP contribution in [0.5, 0.6) is 0 Å². The summed E-state index contributed by atoms with van der Waals surface area (Å²) in [4.78, 5) is 16.7. The Morgan fingerprint density at radius 3 is 3.17 bits per heavy atom. The highest BCUT2D eigenvalue weighted by Crippen LogP contribution is 2.18. The van der Waals surface area contributed by atoms with Crippen LogP contribution in [0.2, 0.25) is 0 Å². The van der Waals surface area contributed by atoms with Crippen LogP contribution in [0.4, 0.5) is 11.5 Å². The smallest absolute Gasteiger partial charge is 0.274 e. The maximum atomic E-state index is 10.6. The van der Waals surface area contributed by atoms with Crippen molar-refractivity contribution >= 4 is 11.5 Å². The minimum absolute atomic E-state index is 0.0779. The van der Waals surface area contributed by atoms with Crippen LogP contribution in [0.1, 0.15) is 13.3 Å². The highest BCUT2D eigenvalue weighted by atomic mass is 16.6. The second-order valence-corrected chi connectivity index (χ2v) is 4.59.